The SMILES string of the molecule is COCCCNC(=O)CN(C)c1ncnc2sc(-c3ccccc3)cc12. The number of benzene rings is 1. The van der Waals surface area contributed by atoms with E-state index in [9.17, 15) is 4.79 Å². The average molecular weight is 370 g/mol. The molecule has 0 aliphatic carbocycles. The summed E-state index contributed by atoms with van der Waals surface area (Å²) in [5.74, 6) is 0.731. The number of amides is 1. The number of hydrogen-bond acceptors (Lipinski definition) is 6. The molecule has 26 heavy (non-hydrogen) atoms. The van der Waals surface area contributed by atoms with Crippen LogP contribution in [0.5, 0.6) is 0 Å². The van der Waals surface area contributed by atoms with E-state index in [2.05, 4.69) is 33.5 Å². The second-order valence-corrected chi connectivity index (χ2v) is 6.98. The number of methoxy groups -OCH3 is 1. The number of fused-ring (bicyclic) bond motifs is 1. The number of ether oxygens (including phenoxy) is 1. The maximum absolute atomic E-state index is 12.1. The molecule has 0 aliphatic heterocycles. The van der Waals surface area contributed by atoms with Gasteiger partial charge in [-0.2, -0.15) is 0 Å². The Labute approximate surface area is 156 Å². The van der Waals surface area contributed by atoms with Gasteiger partial charge in [0.05, 0.1) is 11.9 Å². The van der Waals surface area contributed by atoms with E-state index < -0.39 is 0 Å². The van der Waals surface area contributed by atoms with Crippen LogP contribution in [0.4, 0.5) is 5.82 Å². The molecule has 0 atom stereocenters. The lowest BCUT2D eigenvalue weighted by molar-refractivity contribution is -0.119. The Kier molecular flexibility index (Phi) is 6.14. The van der Waals surface area contributed by atoms with Crippen molar-refractivity contribution >= 4 is 33.3 Å². The first-order valence-corrected chi connectivity index (χ1v) is 9.27. The second-order valence-electron chi connectivity index (χ2n) is 5.95. The molecule has 0 radical (unpaired) electrons. The fraction of sp³-hybridized carbons (Fsp3) is 0.316. The lowest BCUT2D eigenvalue weighted by Crippen LogP contribution is -2.36. The molecule has 0 saturated carbocycles. The van der Waals surface area contributed by atoms with Gasteiger partial charge in [-0.25, -0.2) is 9.97 Å². The third-order valence-corrected chi connectivity index (χ3v) is 5.05. The van der Waals surface area contributed by atoms with Crippen molar-refractivity contribution in [2.24, 2.45) is 0 Å². The van der Waals surface area contributed by atoms with Crippen molar-refractivity contribution in [1.82, 2.24) is 15.3 Å². The van der Waals surface area contributed by atoms with E-state index >= 15 is 0 Å². The topological polar surface area (TPSA) is 67.3 Å². The summed E-state index contributed by atoms with van der Waals surface area (Å²) < 4.78 is 4.98. The Balaban J connectivity index is 1.75. The monoisotopic (exact) mass is 370 g/mol. The summed E-state index contributed by atoms with van der Waals surface area (Å²) in [4.78, 5) is 24.8. The fourth-order valence-corrected chi connectivity index (χ4v) is 3.68. The number of carbonyl (C=O) groups is 1. The van der Waals surface area contributed by atoms with Crippen LogP contribution in [0.25, 0.3) is 20.7 Å². The molecule has 3 aromatic rings. The minimum atomic E-state index is -0.0334. The molecule has 0 aliphatic rings. The predicted molar refractivity (Wildman–Crippen MR) is 106 cm³/mol. The summed E-state index contributed by atoms with van der Waals surface area (Å²) >= 11 is 1.63. The van der Waals surface area contributed by atoms with Crippen LogP contribution in [0.2, 0.25) is 0 Å². The van der Waals surface area contributed by atoms with Crippen LogP contribution in [0.3, 0.4) is 0 Å². The number of aromatic nitrogens is 2. The number of nitrogens with zero attached hydrogens (tertiary/aromatic N) is 3. The number of hydrogen-bond donors (Lipinski definition) is 1. The van der Waals surface area contributed by atoms with Crippen LogP contribution >= 0.6 is 11.3 Å². The molecular formula is C19H22N4O2S. The summed E-state index contributed by atoms with van der Waals surface area (Å²) in [5, 5.41) is 3.86. The molecule has 0 fully saturated rings. The normalized spacial score (nSPS) is 10.8. The van der Waals surface area contributed by atoms with Crippen molar-refractivity contribution in [2.75, 3.05) is 38.8 Å². The zero-order chi connectivity index (χ0) is 18.4. The van der Waals surface area contributed by atoms with Crippen molar-refractivity contribution in [3.05, 3.63) is 42.7 Å². The minimum Gasteiger partial charge on any atom is -0.385 e. The van der Waals surface area contributed by atoms with E-state index in [0.717, 1.165) is 32.9 Å². The smallest absolute Gasteiger partial charge is 0.239 e. The van der Waals surface area contributed by atoms with Crippen molar-refractivity contribution < 1.29 is 9.53 Å². The molecule has 2 heterocycles. The van der Waals surface area contributed by atoms with E-state index in [-0.39, 0.29) is 12.5 Å². The van der Waals surface area contributed by atoms with Crippen LogP contribution in [-0.2, 0) is 9.53 Å². The van der Waals surface area contributed by atoms with Crippen LogP contribution in [0, 0.1) is 0 Å². The van der Waals surface area contributed by atoms with Gasteiger partial charge in [0.15, 0.2) is 0 Å². The molecule has 0 saturated heterocycles. The lowest BCUT2D eigenvalue weighted by atomic mass is 10.2. The lowest BCUT2D eigenvalue weighted by Gasteiger charge is -2.18. The maximum Gasteiger partial charge on any atom is 0.239 e. The zero-order valence-corrected chi connectivity index (χ0v) is 15.8. The van der Waals surface area contributed by atoms with E-state index in [1.54, 1.807) is 24.8 Å². The van der Waals surface area contributed by atoms with Crippen LogP contribution in [-0.4, -0.2) is 49.7 Å². The summed E-state index contributed by atoms with van der Waals surface area (Å²) in [6, 6.07) is 12.3. The van der Waals surface area contributed by atoms with Crippen LogP contribution < -0.4 is 10.2 Å². The molecule has 3 rings (SSSR count). The molecule has 7 heteroatoms. The van der Waals surface area contributed by atoms with Gasteiger partial charge in [-0.05, 0) is 18.1 Å². The highest BCUT2D eigenvalue weighted by atomic mass is 32.1. The highest BCUT2D eigenvalue weighted by Crippen LogP contribution is 2.35. The minimum absolute atomic E-state index is 0.0334. The number of carbonyl (C=O) groups excluding carboxylic acids is 1. The fourth-order valence-electron chi connectivity index (χ4n) is 2.68. The van der Waals surface area contributed by atoms with E-state index in [1.807, 2.05) is 30.1 Å². The number of anilines is 1. The highest BCUT2D eigenvalue weighted by molar-refractivity contribution is 7.21. The van der Waals surface area contributed by atoms with Crippen molar-refractivity contribution in [2.45, 2.75) is 6.42 Å². The molecule has 1 aromatic carbocycles. The zero-order valence-electron chi connectivity index (χ0n) is 14.9. The summed E-state index contributed by atoms with van der Waals surface area (Å²) in [5.41, 5.74) is 1.15. The Morgan fingerprint density at radius 2 is 2.08 bits per heavy atom. The number of rotatable bonds is 8. The standard InChI is InChI=1S/C19H22N4O2S/c1-23(12-17(24)20-9-6-10-25-2)18-15-11-16(14-7-4-3-5-8-14)26-19(15)22-13-21-18/h3-5,7-8,11,13H,6,9-10,12H2,1-2H3,(H,20,24). The van der Waals surface area contributed by atoms with Gasteiger partial charge in [0.25, 0.3) is 0 Å². The summed E-state index contributed by atoms with van der Waals surface area (Å²) in [7, 11) is 3.52. The number of nitrogens with one attached hydrogen (secondary N) is 1. The van der Waals surface area contributed by atoms with Gasteiger partial charge in [-0.3, -0.25) is 4.79 Å². The first kappa shape index (κ1) is 18.3. The van der Waals surface area contributed by atoms with E-state index in [1.165, 1.54) is 0 Å². The van der Waals surface area contributed by atoms with Crippen molar-refractivity contribution in [3.8, 4) is 10.4 Å². The summed E-state index contributed by atoms with van der Waals surface area (Å²) in [6.07, 6.45) is 2.35. The van der Waals surface area contributed by atoms with Crippen molar-refractivity contribution in [1.29, 1.82) is 0 Å². The highest BCUT2D eigenvalue weighted by Gasteiger charge is 2.15. The van der Waals surface area contributed by atoms with Gasteiger partial charge >= 0.3 is 0 Å². The third-order valence-electron chi connectivity index (χ3n) is 3.96. The van der Waals surface area contributed by atoms with E-state index in [4.69, 9.17) is 4.74 Å². The molecule has 6 nitrogen and oxygen atoms in total. The van der Waals surface area contributed by atoms with Gasteiger partial charge in [-0.1, -0.05) is 30.3 Å². The average Bonchev–Trinajstić information content (AvgIpc) is 3.10. The first-order valence-electron chi connectivity index (χ1n) is 8.46. The molecule has 0 spiro atoms. The van der Waals surface area contributed by atoms with Gasteiger partial charge in [-0.15, -0.1) is 11.3 Å². The number of likely N-dealkylation sites (N-methyl/N-ethyl adjacent to an activating group) is 1. The molecule has 0 unspecified atom stereocenters. The number of thiophene rings is 1. The molecule has 2 aromatic heterocycles. The Bertz CT molecular complexity index is 866. The van der Waals surface area contributed by atoms with Gasteiger partial charge in [0, 0.05) is 32.2 Å². The van der Waals surface area contributed by atoms with Gasteiger partial charge < -0.3 is 15.0 Å². The quantitative estimate of drug-likeness (QED) is 0.618. The van der Waals surface area contributed by atoms with Crippen molar-refractivity contribution in [3.63, 3.8) is 0 Å². The molecule has 0 bridgehead atoms. The third kappa shape index (κ3) is 4.36. The van der Waals surface area contributed by atoms with E-state index in [0.29, 0.717) is 13.2 Å². The maximum atomic E-state index is 12.1. The molecule has 1 amide bonds. The second kappa shape index (κ2) is 8.73. The summed E-state index contributed by atoms with van der Waals surface area (Å²) in [6.45, 7) is 1.49. The first-order chi connectivity index (χ1) is 12.7. The van der Waals surface area contributed by atoms with Gasteiger partial charge in [0.1, 0.15) is 17.0 Å². The Hall–Kier alpha value is -2.51. The predicted octanol–water partition coefficient (Wildman–Crippen LogP) is 2.95. The molecular weight excluding hydrogens is 348 g/mol. The Morgan fingerprint density at radius 1 is 1.27 bits per heavy atom. The van der Waals surface area contributed by atoms with Gasteiger partial charge in [0.2, 0.25) is 5.91 Å². The van der Waals surface area contributed by atoms with Crippen LogP contribution in [0.1, 0.15) is 6.42 Å². The largest absolute Gasteiger partial charge is 0.385 e. The van der Waals surface area contributed by atoms with Crippen LogP contribution in [0.15, 0.2) is 42.7 Å². The molecule has 1 N–H and O–H groups in total. The Morgan fingerprint density at radius 3 is 2.85 bits per heavy atom. The molecule has 136 valence electrons.